The first-order valence-corrected chi connectivity index (χ1v) is 9.18. The molecule has 0 bridgehead atoms. The van der Waals surface area contributed by atoms with Gasteiger partial charge in [0.15, 0.2) is 0 Å². The second-order valence-electron chi connectivity index (χ2n) is 6.75. The summed E-state index contributed by atoms with van der Waals surface area (Å²) >= 11 is 0. The summed E-state index contributed by atoms with van der Waals surface area (Å²) in [6.07, 6.45) is 0.896. The number of piperazine rings is 1. The summed E-state index contributed by atoms with van der Waals surface area (Å²) in [5.41, 5.74) is 4.24. The zero-order chi connectivity index (χ0) is 18.5. The van der Waals surface area contributed by atoms with E-state index in [1.807, 2.05) is 31.2 Å². The zero-order valence-corrected chi connectivity index (χ0v) is 15.5. The Balaban J connectivity index is 1.53. The molecule has 26 heavy (non-hydrogen) atoms. The predicted molar refractivity (Wildman–Crippen MR) is 104 cm³/mol. The lowest BCUT2D eigenvalue weighted by Crippen LogP contribution is -2.48. The summed E-state index contributed by atoms with van der Waals surface area (Å²) in [6, 6.07) is 12.7. The molecule has 0 spiro atoms. The van der Waals surface area contributed by atoms with Crippen molar-refractivity contribution in [2.45, 2.75) is 20.3 Å². The van der Waals surface area contributed by atoms with Crippen LogP contribution in [0.25, 0.3) is 0 Å². The van der Waals surface area contributed by atoms with E-state index in [4.69, 9.17) is 0 Å². The largest absolute Gasteiger partial charge is 0.369 e. The average Bonchev–Trinajstić information content (AvgIpc) is 2.65. The van der Waals surface area contributed by atoms with Crippen LogP contribution in [0.5, 0.6) is 0 Å². The van der Waals surface area contributed by atoms with E-state index in [1.165, 1.54) is 17.7 Å². The van der Waals surface area contributed by atoms with Gasteiger partial charge in [-0.15, -0.1) is 0 Å². The van der Waals surface area contributed by atoms with Gasteiger partial charge in [0, 0.05) is 37.6 Å². The number of carbonyl (C=O) groups excluding carboxylic acids is 1. The van der Waals surface area contributed by atoms with Gasteiger partial charge in [0.1, 0.15) is 5.82 Å². The van der Waals surface area contributed by atoms with E-state index in [9.17, 15) is 9.18 Å². The van der Waals surface area contributed by atoms with Gasteiger partial charge in [0.05, 0.1) is 6.54 Å². The Hall–Kier alpha value is -2.40. The van der Waals surface area contributed by atoms with E-state index in [2.05, 4.69) is 28.1 Å². The SMILES string of the molecule is CCc1cccc(C)c1NC(=O)CN1CCN(c2ccc(F)cc2)CC1. The summed E-state index contributed by atoms with van der Waals surface area (Å²) in [6.45, 7) is 7.83. The number of halogens is 1. The van der Waals surface area contributed by atoms with E-state index in [0.29, 0.717) is 6.54 Å². The maximum Gasteiger partial charge on any atom is 0.238 e. The van der Waals surface area contributed by atoms with Gasteiger partial charge in [-0.3, -0.25) is 9.69 Å². The number of hydrogen-bond acceptors (Lipinski definition) is 3. The number of nitrogens with one attached hydrogen (secondary N) is 1. The van der Waals surface area contributed by atoms with E-state index in [1.54, 1.807) is 0 Å². The summed E-state index contributed by atoms with van der Waals surface area (Å²) in [5, 5.41) is 3.09. The lowest BCUT2D eigenvalue weighted by atomic mass is 10.1. The highest BCUT2D eigenvalue weighted by Gasteiger charge is 2.20. The minimum Gasteiger partial charge on any atom is -0.369 e. The third-order valence-corrected chi connectivity index (χ3v) is 4.94. The van der Waals surface area contributed by atoms with Gasteiger partial charge in [0.25, 0.3) is 0 Å². The van der Waals surface area contributed by atoms with Gasteiger partial charge in [-0.25, -0.2) is 4.39 Å². The molecule has 3 rings (SSSR count). The van der Waals surface area contributed by atoms with Gasteiger partial charge < -0.3 is 10.2 Å². The Morgan fingerprint density at radius 1 is 1.08 bits per heavy atom. The van der Waals surface area contributed by atoms with Crippen LogP contribution in [0.1, 0.15) is 18.1 Å². The molecule has 0 saturated carbocycles. The first-order valence-electron chi connectivity index (χ1n) is 9.18. The predicted octanol–water partition coefficient (Wildman–Crippen LogP) is 3.46. The first-order chi connectivity index (χ1) is 12.6. The molecule has 1 fully saturated rings. The van der Waals surface area contributed by atoms with E-state index in [-0.39, 0.29) is 11.7 Å². The standard InChI is InChI=1S/C21H26FN3O/c1-3-17-6-4-5-16(2)21(17)23-20(26)15-24-11-13-25(14-12-24)19-9-7-18(22)8-10-19/h4-10H,3,11-15H2,1-2H3,(H,23,26). The monoisotopic (exact) mass is 355 g/mol. The molecule has 0 radical (unpaired) electrons. The van der Waals surface area contributed by atoms with Crippen molar-refractivity contribution in [1.82, 2.24) is 4.90 Å². The maximum atomic E-state index is 13.0. The molecule has 0 aliphatic carbocycles. The van der Waals surface area contributed by atoms with Crippen molar-refractivity contribution in [2.24, 2.45) is 0 Å². The Bertz CT molecular complexity index is 752. The van der Waals surface area contributed by atoms with Crippen molar-refractivity contribution in [3.8, 4) is 0 Å². The molecule has 1 saturated heterocycles. The third-order valence-electron chi connectivity index (χ3n) is 4.94. The fourth-order valence-corrected chi connectivity index (χ4v) is 3.40. The van der Waals surface area contributed by atoms with E-state index in [0.717, 1.165) is 49.5 Å². The zero-order valence-electron chi connectivity index (χ0n) is 15.5. The number of hydrogen-bond donors (Lipinski definition) is 1. The van der Waals surface area contributed by atoms with Crippen LogP contribution in [-0.4, -0.2) is 43.5 Å². The normalized spacial score (nSPS) is 15.1. The van der Waals surface area contributed by atoms with Crippen LogP contribution < -0.4 is 10.2 Å². The minimum atomic E-state index is -0.216. The molecule has 1 heterocycles. The Morgan fingerprint density at radius 2 is 1.77 bits per heavy atom. The van der Waals surface area contributed by atoms with Crippen molar-refractivity contribution in [2.75, 3.05) is 42.9 Å². The molecule has 0 atom stereocenters. The molecule has 2 aromatic carbocycles. The summed E-state index contributed by atoms with van der Waals surface area (Å²) in [4.78, 5) is 16.9. The smallest absolute Gasteiger partial charge is 0.238 e. The average molecular weight is 355 g/mol. The molecule has 0 unspecified atom stereocenters. The number of amides is 1. The van der Waals surface area contributed by atoms with Crippen molar-refractivity contribution >= 4 is 17.3 Å². The quantitative estimate of drug-likeness (QED) is 0.892. The number of nitrogens with zero attached hydrogens (tertiary/aromatic N) is 2. The molecular weight excluding hydrogens is 329 g/mol. The molecule has 1 aliphatic rings. The second-order valence-corrected chi connectivity index (χ2v) is 6.75. The molecule has 2 aromatic rings. The van der Waals surface area contributed by atoms with Crippen LogP contribution in [0.3, 0.4) is 0 Å². The van der Waals surface area contributed by atoms with Crippen LogP contribution in [0.15, 0.2) is 42.5 Å². The summed E-state index contributed by atoms with van der Waals surface area (Å²) in [7, 11) is 0. The van der Waals surface area contributed by atoms with E-state index < -0.39 is 0 Å². The van der Waals surface area contributed by atoms with Gasteiger partial charge in [-0.05, 0) is 48.7 Å². The van der Waals surface area contributed by atoms with E-state index >= 15 is 0 Å². The van der Waals surface area contributed by atoms with Crippen LogP contribution >= 0.6 is 0 Å². The topological polar surface area (TPSA) is 35.6 Å². The number of aryl methyl sites for hydroxylation is 2. The van der Waals surface area contributed by atoms with Crippen LogP contribution in [0.4, 0.5) is 15.8 Å². The lowest BCUT2D eigenvalue weighted by Gasteiger charge is -2.35. The Labute approximate surface area is 154 Å². The Kier molecular flexibility index (Phi) is 5.89. The van der Waals surface area contributed by atoms with Crippen LogP contribution in [0.2, 0.25) is 0 Å². The van der Waals surface area contributed by atoms with Crippen LogP contribution in [0, 0.1) is 12.7 Å². The number of benzene rings is 2. The highest BCUT2D eigenvalue weighted by Crippen LogP contribution is 2.21. The summed E-state index contributed by atoms with van der Waals surface area (Å²) in [5.74, 6) is -0.184. The molecule has 5 heteroatoms. The van der Waals surface area contributed by atoms with Crippen molar-refractivity contribution < 1.29 is 9.18 Å². The molecular formula is C21H26FN3O. The highest BCUT2D eigenvalue weighted by atomic mass is 19.1. The lowest BCUT2D eigenvalue weighted by molar-refractivity contribution is -0.117. The van der Waals surface area contributed by atoms with Gasteiger partial charge >= 0.3 is 0 Å². The van der Waals surface area contributed by atoms with Gasteiger partial charge in [-0.2, -0.15) is 0 Å². The third kappa shape index (κ3) is 4.41. The number of anilines is 2. The van der Waals surface area contributed by atoms with Gasteiger partial charge in [0.2, 0.25) is 5.91 Å². The van der Waals surface area contributed by atoms with Crippen molar-refractivity contribution in [3.63, 3.8) is 0 Å². The molecule has 1 amide bonds. The fourth-order valence-electron chi connectivity index (χ4n) is 3.40. The van der Waals surface area contributed by atoms with Crippen molar-refractivity contribution in [1.29, 1.82) is 0 Å². The van der Waals surface area contributed by atoms with Crippen molar-refractivity contribution in [3.05, 3.63) is 59.4 Å². The molecule has 1 aliphatic heterocycles. The minimum absolute atomic E-state index is 0.0317. The molecule has 0 aromatic heterocycles. The number of para-hydroxylation sites is 1. The molecule has 138 valence electrons. The summed E-state index contributed by atoms with van der Waals surface area (Å²) < 4.78 is 13.0. The number of rotatable bonds is 5. The first kappa shape index (κ1) is 18.4. The Morgan fingerprint density at radius 3 is 2.42 bits per heavy atom. The highest BCUT2D eigenvalue weighted by molar-refractivity contribution is 5.93. The van der Waals surface area contributed by atoms with Crippen LogP contribution in [-0.2, 0) is 11.2 Å². The maximum absolute atomic E-state index is 13.0. The second kappa shape index (κ2) is 8.32. The fraction of sp³-hybridized carbons (Fsp3) is 0.381. The molecule has 1 N–H and O–H groups in total. The van der Waals surface area contributed by atoms with Gasteiger partial charge in [-0.1, -0.05) is 25.1 Å². The number of carbonyl (C=O) groups is 1. The molecule has 4 nitrogen and oxygen atoms in total.